The number of nitrogens with one attached hydrogen (secondary N) is 1. The Balaban J connectivity index is 1.87. The van der Waals surface area contributed by atoms with Gasteiger partial charge in [-0.15, -0.1) is 0 Å². The summed E-state index contributed by atoms with van der Waals surface area (Å²) in [7, 11) is 1.74. The summed E-state index contributed by atoms with van der Waals surface area (Å²) >= 11 is 0. The number of likely N-dealkylation sites (N-methyl/N-ethyl adjacent to an activating group) is 1. The second kappa shape index (κ2) is 4.18. The molecule has 5 nitrogen and oxygen atoms in total. The summed E-state index contributed by atoms with van der Waals surface area (Å²) in [6.07, 6.45) is 2.27. The molecule has 1 N–H and O–H groups in total. The molecule has 0 aromatic rings. The fraction of sp³-hybridized carbons (Fsp3) is 0.800. The van der Waals surface area contributed by atoms with Crippen molar-refractivity contribution >= 4 is 11.8 Å². The van der Waals surface area contributed by atoms with E-state index in [4.69, 9.17) is 0 Å². The smallest absolute Gasteiger partial charge is 0.242 e. The molecule has 0 aromatic heterocycles. The average molecular weight is 211 g/mol. The van der Waals surface area contributed by atoms with E-state index >= 15 is 0 Å². The molecule has 1 heterocycles. The molecule has 1 saturated carbocycles. The van der Waals surface area contributed by atoms with Gasteiger partial charge in [-0.3, -0.25) is 9.59 Å². The summed E-state index contributed by atoms with van der Waals surface area (Å²) in [5.74, 6) is 0.120. The van der Waals surface area contributed by atoms with Gasteiger partial charge in [0.05, 0.1) is 13.1 Å². The zero-order chi connectivity index (χ0) is 10.8. The standard InChI is InChI=1S/C10H17N3O2/c1-11-6-9(14)12-4-5-13(8-2-3-8)10(15)7-12/h8,11H,2-7H2,1H3. The molecule has 5 heteroatoms. The maximum absolute atomic E-state index is 11.7. The minimum atomic E-state index is 0.0151. The van der Waals surface area contributed by atoms with Crippen molar-refractivity contribution in [1.82, 2.24) is 15.1 Å². The maximum atomic E-state index is 11.7. The third-order valence-corrected chi connectivity index (χ3v) is 2.93. The number of amides is 2. The normalized spacial score (nSPS) is 22.1. The first-order valence-corrected chi connectivity index (χ1v) is 5.44. The molecule has 84 valence electrons. The lowest BCUT2D eigenvalue weighted by atomic mass is 10.3. The van der Waals surface area contributed by atoms with Gasteiger partial charge in [-0.05, 0) is 19.9 Å². The van der Waals surface area contributed by atoms with Crippen molar-refractivity contribution in [3.63, 3.8) is 0 Å². The Morgan fingerprint density at radius 1 is 1.47 bits per heavy atom. The Hall–Kier alpha value is -1.10. The lowest BCUT2D eigenvalue weighted by Crippen LogP contribution is -2.54. The molecule has 1 aliphatic carbocycles. The molecule has 0 atom stereocenters. The van der Waals surface area contributed by atoms with Crippen LogP contribution in [-0.2, 0) is 9.59 Å². The quantitative estimate of drug-likeness (QED) is 0.654. The van der Waals surface area contributed by atoms with Crippen LogP contribution in [0.25, 0.3) is 0 Å². The van der Waals surface area contributed by atoms with E-state index in [-0.39, 0.29) is 18.4 Å². The summed E-state index contributed by atoms with van der Waals surface area (Å²) in [5, 5.41) is 2.81. The molecule has 2 amide bonds. The summed E-state index contributed by atoms with van der Waals surface area (Å²) in [4.78, 5) is 26.8. The molecule has 1 saturated heterocycles. The lowest BCUT2D eigenvalue weighted by Gasteiger charge is -2.34. The molecule has 2 aliphatic rings. The van der Waals surface area contributed by atoms with Crippen LogP contribution in [0.3, 0.4) is 0 Å². The zero-order valence-electron chi connectivity index (χ0n) is 9.03. The van der Waals surface area contributed by atoms with Crippen LogP contribution in [0.4, 0.5) is 0 Å². The molecule has 0 bridgehead atoms. The molecule has 2 rings (SSSR count). The summed E-state index contributed by atoms with van der Waals surface area (Å²) < 4.78 is 0. The molecule has 0 spiro atoms. The van der Waals surface area contributed by atoms with Gasteiger partial charge in [0.2, 0.25) is 11.8 Å². The highest BCUT2D eigenvalue weighted by Gasteiger charge is 2.36. The summed E-state index contributed by atoms with van der Waals surface area (Å²) in [6.45, 7) is 1.97. The Morgan fingerprint density at radius 3 is 2.73 bits per heavy atom. The number of hydrogen-bond acceptors (Lipinski definition) is 3. The van der Waals surface area contributed by atoms with Gasteiger partial charge in [-0.25, -0.2) is 0 Å². The molecule has 0 aromatic carbocycles. The van der Waals surface area contributed by atoms with E-state index < -0.39 is 0 Å². The third kappa shape index (κ3) is 2.28. The Bertz CT molecular complexity index is 276. The molecular weight excluding hydrogens is 194 g/mol. The lowest BCUT2D eigenvalue weighted by molar-refractivity contribution is -0.145. The van der Waals surface area contributed by atoms with Crippen molar-refractivity contribution in [3.8, 4) is 0 Å². The van der Waals surface area contributed by atoms with Gasteiger partial charge in [0.25, 0.3) is 0 Å². The van der Waals surface area contributed by atoms with Crippen molar-refractivity contribution in [1.29, 1.82) is 0 Å². The number of rotatable bonds is 3. The largest absolute Gasteiger partial charge is 0.336 e. The van der Waals surface area contributed by atoms with Gasteiger partial charge in [0, 0.05) is 19.1 Å². The highest BCUT2D eigenvalue weighted by molar-refractivity contribution is 5.87. The van der Waals surface area contributed by atoms with Crippen molar-refractivity contribution in [3.05, 3.63) is 0 Å². The Kier molecular flexibility index (Phi) is 2.90. The van der Waals surface area contributed by atoms with Gasteiger partial charge in [-0.1, -0.05) is 0 Å². The topological polar surface area (TPSA) is 52.7 Å². The van der Waals surface area contributed by atoms with Gasteiger partial charge in [0.15, 0.2) is 0 Å². The second-order valence-electron chi connectivity index (χ2n) is 4.16. The Labute approximate surface area is 89.4 Å². The van der Waals surface area contributed by atoms with Gasteiger partial charge >= 0.3 is 0 Å². The zero-order valence-corrected chi connectivity index (χ0v) is 9.03. The monoisotopic (exact) mass is 211 g/mol. The minimum absolute atomic E-state index is 0.0151. The molecule has 15 heavy (non-hydrogen) atoms. The van der Waals surface area contributed by atoms with Gasteiger partial charge in [0.1, 0.15) is 0 Å². The summed E-state index contributed by atoms with van der Waals surface area (Å²) in [6, 6.07) is 0.471. The van der Waals surface area contributed by atoms with Crippen LogP contribution < -0.4 is 5.32 Å². The SMILES string of the molecule is CNCC(=O)N1CCN(C2CC2)C(=O)C1. The van der Waals surface area contributed by atoms with E-state index in [1.54, 1.807) is 11.9 Å². The fourth-order valence-electron chi connectivity index (χ4n) is 1.93. The van der Waals surface area contributed by atoms with Crippen molar-refractivity contribution < 1.29 is 9.59 Å². The molecule has 1 aliphatic heterocycles. The van der Waals surface area contributed by atoms with Crippen LogP contribution in [0.1, 0.15) is 12.8 Å². The molecule has 0 unspecified atom stereocenters. The van der Waals surface area contributed by atoms with E-state index in [2.05, 4.69) is 5.32 Å². The number of carbonyl (C=O) groups excluding carboxylic acids is 2. The van der Waals surface area contributed by atoms with Crippen molar-refractivity contribution in [2.45, 2.75) is 18.9 Å². The number of nitrogens with zero attached hydrogens (tertiary/aromatic N) is 2. The van der Waals surface area contributed by atoms with Crippen LogP contribution in [0.5, 0.6) is 0 Å². The minimum Gasteiger partial charge on any atom is -0.336 e. The summed E-state index contributed by atoms with van der Waals surface area (Å²) in [5.41, 5.74) is 0. The Morgan fingerprint density at radius 2 is 2.20 bits per heavy atom. The van der Waals surface area contributed by atoms with Crippen molar-refractivity contribution in [2.24, 2.45) is 0 Å². The van der Waals surface area contributed by atoms with Crippen LogP contribution in [0, 0.1) is 0 Å². The van der Waals surface area contributed by atoms with Crippen LogP contribution in [0.15, 0.2) is 0 Å². The molecular formula is C10H17N3O2. The maximum Gasteiger partial charge on any atom is 0.242 e. The average Bonchev–Trinajstić information content (AvgIpc) is 3.01. The third-order valence-electron chi connectivity index (χ3n) is 2.93. The molecule has 0 radical (unpaired) electrons. The first kappa shape index (κ1) is 10.4. The number of piperazine rings is 1. The van der Waals surface area contributed by atoms with Crippen LogP contribution in [0.2, 0.25) is 0 Å². The predicted molar refractivity (Wildman–Crippen MR) is 55.2 cm³/mol. The van der Waals surface area contributed by atoms with E-state index in [9.17, 15) is 9.59 Å². The fourth-order valence-corrected chi connectivity index (χ4v) is 1.93. The van der Waals surface area contributed by atoms with E-state index in [1.165, 1.54) is 0 Å². The highest BCUT2D eigenvalue weighted by Crippen LogP contribution is 2.27. The van der Waals surface area contributed by atoms with Crippen LogP contribution >= 0.6 is 0 Å². The first-order chi connectivity index (χ1) is 7.22. The number of hydrogen-bond donors (Lipinski definition) is 1. The first-order valence-electron chi connectivity index (χ1n) is 5.44. The van der Waals surface area contributed by atoms with E-state index in [0.29, 0.717) is 25.7 Å². The van der Waals surface area contributed by atoms with E-state index in [1.807, 2.05) is 4.90 Å². The molecule has 2 fully saturated rings. The highest BCUT2D eigenvalue weighted by atomic mass is 16.2. The second-order valence-corrected chi connectivity index (χ2v) is 4.16. The van der Waals surface area contributed by atoms with Gasteiger partial charge < -0.3 is 15.1 Å². The van der Waals surface area contributed by atoms with Crippen molar-refractivity contribution in [2.75, 3.05) is 33.2 Å². The van der Waals surface area contributed by atoms with Crippen LogP contribution in [-0.4, -0.2) is 60.9 Å². The van der Waals surface area contributed by atoms with E-state index in [0.717, 1.165) is 12.8 Å². The number of carbonyl (C=O) groups is 2. The predicted octanol–water partition coefficient (Wildman–Crippen LogP) is -0.961. The van der Waals surface area contributed by atoms with Gasteiger partial charge in [-0.2, -0.15) is 0 Å².